The van der Waals surface area contributed by atoms with Crippen molar-refractivity contribution in [1.29, 1.82) is 0 Å². The van der Waals surface area contributed by atoms with Gasteiger partial charge < -0.3 is 0 Å². The van der Waals surface area contributed by atoms with Crippen molar-refractivity contribution in [3.63, 3.8) is 0 Å². The van der Waals surface area contributed by atoms with Gasteiger partial charge in [0.25, 0.3) is 0 Å². The Morgan fingerprint density at radius 1 is 0.571 bits per heavy atom. The molecule has 6 aliphatic carbocycles. The largest absolute Gasteiger partial charge is 0.291 e. The van der Waals surface area contributed by atoms with Crippen LogP contribution in [0.15, 0.2) is 85.2 Å². The number of aryl methyl sites for hydroxylation is 1. The lowest BCUT2D eigenvalue weighted by atomic mass is 9.53. The van der Waals surface area contributed by atoms with E-state index in [1.807, 2.05) is 6.20 Å². The SMILES string of the molecule is Cc1ccnc(-c2cc(C3C4C5C=C6Cc7cc8cc9c%10c%11c(cc%12cc%13c%14c(c%15c%16c%17c(c6c7c6c8c%10c(c%176)c6c%11c%12c%14c%166)C%155)C4(C%13)CN3Cc3cc(C(C)(C)C)cc(C(C)(C)C)c3)C9)ccn2)c1. The molecule has 70 heavy (non-hydrogen) atoms. The standard InChI is InChI=1S/C67H49N3/c1-27-8-10-68-40(12-27)41-22-29(9-11-69-41)64-62-39-21-35-19-32-17-33-16-30-15-31-18-34-20-36-24-67(62,26-70(64)25-28-13-37(65(2,3)4)23-38(14-28)66(5,6)7)63-48(36)53-47(34)52-43(31)42(30)50-46(33)51-44(32)45(35)54-49(39)61(63)60-58(53)56(52)55(50)57(51)59(54)60/h8-14,16-18,20-23,39,49,62,64H,15,19,24-26H2,1-7H3. The molecule has 3 heterocycles. The van der Waals surface area contributed by atoms with Crippen LogP contribution in [0.4, 0.5) is 0 Å². The van der Waals surface area contributed by atoms with Crippen molar-refractivity contribution in [2.24, 2.45) is 11.8 Å². The second-order valence-corrected chi connectivity index (χ2v) is 26.1. The first-order valence-corrected chi connectivity index (χ1v) is 26.4. The van der Waals surface area contributed by atoms with Crippen molar-refractivity contribution in [3.8, 4) is 11.4 Å². The number of hydrogen-bond donors (Lipinski definition) is 0. The summed E-state index contributed by atoms with van der Waals surface area (Å²) in [5, 5.41) is 29.0. The van der Waals surface area contributed by atoms with Gasteiger partial charge in [-0.05, 0) is 248 Å². The van der Waals surface area contributed by atoms with Crippen LogP contribution in [0.25, 0.3) is 114 Å². The maximum Gasteiger partial charge on any atom is 0.0889 e. The average Bonchev–Trinajstić information content (AvgIpc) is 4.21. The number of benzene rings is 9. The Morgan fingerprint density at radius 2 is 1.16 bits per heavy atom. The molecule has 2 aromatic heterocycles. The van der Waals surface area contributed by atoms with Crippen LogP contribution in [0.2, 0.25) is 0 Å². The highest BCUT2D eigenvalue weighted by Gasteiger charge is 2.66. The zero-order valence-corrected chi connectivity index (χ0v) is 40.8. The minimum atomic E-state index is -0.0592. The summed E-state index contributed by atoms with van der Waals surface area (Å²) in [5.41, 5.74) is 23.7. The summed E-state index contributed by atoms with van der Waals surface area (Å²) in [6.45, 7) is 18.5. The molecule has 1 spiro atoms. The van der Waals surface area contributed by atoms with Crippen LogP contribution >= 0.6 is 0 Å². The van der Waals surface area contributed by atoms with Crippen LogP contribution in [-0.4, -0.2) is 21.4 Å². The zero-order valence-electron chi connectivity index (χ0n) is 40.8. The number of aromatic nitrogens is 2. The molecule has 0 saturated carbocycles. The fourth-order valence-corrected chi connectivity index (χ4v) is 18.6. The van der Waals surface area contributed by atoms with Gasteiger partial charge in [-0.2, -0.15) is 0 Å². The van der Waals surface area contributed by atoms with Crippen LogP contribution in [0, 0.1) is 18.8 Å². The molecule has 7 aliphatic rings. The molecule has 20 rings (SSSR count). The van der Waals surface area contributed by atoms with Crippen LogP contribution in [-0.2, 0) is 42.1 Å². The minimum absolute atomic E-state index is 0.0382. The fraction of sp³-hybridized carbons (Fsp3) is 0.284. The lowest BCUT2D eigenvalue weighted by Crippen LogP contribution is -2.45. The summed E-state index contributed by atoms with van der Waals surface area (Å²) in [7, 11) is 0. The predicted octanol–water partition coefficient (Wildman–Crippen LogP) is 15.7. The van der Waals surface area contributed by atoms with Gasteiger partial charge in [-0.15, -0.1) is 0 Å². The molecule has 1 fully saturated rings. The summed E-state index contributed by atoms with van der Waals surface area (Å²) in [5.74, 6) is 1.08. The van der Waals surface area contributed by atoms with E-state index >= 15 is 0 Å². The molecular weight excluding hydrogens is 847 g/mol. The zero-order chi connectivity index (χ0) is 45.9. The third kappa shape index (κ3) is 3.53. The van der Waals surface area contributed by atoms with Crippen LogP contribution in [0.5, 0.6) is 0 Å². The highest BCUT2D eigenvalue weighted by Crippen LogP contribution is 2.76. The summed E-state index contributed by atoms with van der Waals surface area (Å²) >= 11 is 0. The van der Waals surface area contributed by atoms with Gasteiger partial charge in [-0.25, -0.2) is 0 Å². The van der Waals surface area contributed by atoms with E-state index in [9.17, 15) is 0 Å². The summed E-state index contributed by atoms with van der Waals surface area (Å²) in [6.07, 6.45) is 10.2. The highest BCUT2D eigenvalue weighted by atomic mass is 15.2. The van der Waals surface area contributed by atoms with Crippen molar-refractivity contribution >= 4 is 103 Å². The normalized spacial score (nSPS) is 23.8. The Balaban J connectivity index is 0.943. The molecule has 3 nitrogen and oxygen atoms in total. The van der Waals surface area contributed by atoms with Gasteiger partial charge in [-0.1, -0.05) is 90.1 Å². The van der Waals surface area contributed by atoms with E-state index in [1.54, 1.807) is 136 Å². The Hall–Kier alpha value is -6.68. The summed E-state index contributed by atoms with van der Waals surface area (Å²) < 4.78 is 0. The van der Waals surface area contributed by atoms with Crippen molar-refractivity contribution in [2.45, 2.75) is 102 Å². The van der Waals surface area contributed by atoms with Gasteiger partial charge in [0.05, 0.1) is 11.4 Å². The van der Waals surface area contributed by atoms with Gasteiger partial charge in [-0.3, -0.25) is 14.9 Å². The Labute approximate surface area is 405 Å². The van der Waals surface area contributed by atoms with E-state index < -0.39 is 0 Å². The Morgan fingerprint density at radius 3 is 1.84 bits per heavy atom. The van der Waals surface area contributed by atoms with E-state index in [0.29, 0.717) is 17.8 Å². The third-order valence-electron chi connectivity index (χ3n) is 20.7. The Bertz CT molecular complexity index is 4710. The number of allylic oxidation sites excluding steroid dienone is 2. The molecule has 0 bridgehead atoms. The highest BCUT2D eigenvalue weighted by molar-refractivity contribution is 6.60. The quantitative estimate of drug-likeness (QED) is 0.165. The molecule has 0 N–H and O–H groups in total. The molecule has 0 amide bonds. The number of likely N-dealkylation sites (tertiary alicyclic amines) is 1. The lowest BCUT2D eigenvalue weighted by Gasteiger charge is -2.49. The van der Waals surface area contributed by atoms with Gasteiger partial charge in [0.15, 0.2) is 0 Å². The lowest BCUT2D eigenvalue weighted by molar-refractivity contribution is 0.174. The first-order valence-electron chi connectivity index (χ1n) is 26.4. The van der Waals surface area contributed by atoms with Crippen LogP contribution < -0.4 is 0 Å². The number of pyridine rings is 2. The monoisotopic (exact) mass is 895 g/mol. The first-order chi connectivity index (χ1) is 33.8. The van der Waals surface area contributed by atoms with Crippen molar-refractivity contribution in [1.82, 2.24) is 14.9 Å². The maximum atomic E-state index is 5.10. The van der Waals surface area contributed by atoms with Crippen molar-refractivity contribution in [3.05, 3.63) is 158 Å². The molecule has 332 valence electrons. The predicted molar refractivity (Wildman–Crippen MR) is 289 cm³/mol. The minimum Gasteiger partial charge on any atom is -0.291 e. The van der Waals surface area contributed by atoms with E-state index in [-0.39, 0.29) is 22.3 Å². The summed E-state index contributed by atoms with van der Waals surface area (Å²) in [6, 6.07) is 27.7. The van der Waals surface area contributed by atoms with Crippen LogP contribution in [0.1, 0.15) is 126 Å². The number of nitrogens with zero attached hydrogens (tertiary/aromatic N) is 3. The van der Waals surface area contributed by atoms with E-state index in [1.165, 1.54) is 38.6 Å². The number of fused-ring (bicyclic) bond motifs is 1. The van der Waals surface area contributed by atoms with E-state index in [0.717, 1.165) is 43.7 Å². The summed E-state index contributed by atoms with van der Waals surface area (Å²) in [4.78, 5) is 13.0. The van der Waals surface area contributed by atoms with Crippen LogP contribution in [0.3, 0.4) is 0 Å². The van der Waals surface area contributed by atoms with Gasteiger partial charge in [0.2, 0.25) is 0 Å². The molecule has 5 unspecified atom stereocenters. The fourth-order valence-electron chi connectivity index (χ4n) is 18.6. The second-order valence-electron chi connectivity index (χ2n) is 26.1. The molecule has 3 heteroatoms. The molecule has 1 saturated heterocycles. The number of rotatable bonds is 4. The molecule has 0 radical (unpaired) electrons. The Kier molecular flexibility index (Phi) is 5.45. The van der Waals surface area contributed by atoms with Gasteiger partial charge in [0.1, 0.15) is 0 Å². The molecule has 11 aromatic carbocycles. The number of hydrogen-bond acceptors (Lipinski definition) is 3. The average molecular weight is 896 g/mol. The third-order valence-corrected chi connectivity index (χ3v) is 20.7. The van der Waals surface area contributed by atoms with Crippen molar-refractivity contribution < 1.29 is 0 Å². The first kappa shape index (κ1) is 36.3. The van der Waals surface area contributed by atoms with Crippen molar-refractivity contribution in [2.75, 3.05) is 6.54 Å². The van der Waals surface area contributed by atoms with E-state index in [2.05, 4.69) is 132 Å². The van der Waals surface area contributed by atoms with Gasteiger partial charge in [0, 0.05) is 42.9 Å². The maximum absolute atomic E-state index is 5.10. The molecule has 1 aliphatic heterocycles. The molecular formula is C67H49N3. The topological polar surface area (TPSA) is 29.0 Å². The second kappa shape index (κ2) is 10.5. The van der Waals surface area contributed by atoms with E-state index in [4.69, 9.17) is 9.97 Å². The molecule has 13 aromatic rings. The molecule has 5 atom stereocenters. The smallest absolute Gasteiger partial charge is 0.0889 e. The van der Waals surface area contributed by atoms with Gasteiger partial charge >= 0.3 is 0 Å².